The van der Waals surface area contributed by atoms with Gasteiger partial charge in [0.15, 0.2) is 5.78 Å². The molecule has 1 amide bonds. The van der Waals surface area contributed by atoms with Crippen LogP contribution < -0.4 is 10.2 Å². The molecule has 7 heteroatoms. The van der Waals surface area contributed by atoms with Crippen LogP contribution in [0.3, 0.4) is 0 Å². The molecule has 0 spiro atoms. The monoisotopic (exact) mass is 353 g/mol. The fourth-order valence-electron chi connectivity index (χ4n) is 3.99. The number of nitrogens with zero attached hydrogens (tertiary/aromatic N) is 3. The number of ketones is 1. The van der Waals surface area contributed by atoms with Crippen LogP contribution >= 0.6 is 0 Å². The Morgan fingerprint density at radius 3 is 2.85 bits per heavy atom. The molecule has 1 aliphatic heterocycles. The third-order valence-electron chi connectivity index (χ3n) is 5.26. The minimum absolute atomic E-state index is 0.0375. The standard InChI is InChI=1S/C19H23N5O2/c1-12-16-14(6-2-7-15(16)25)23-17(12)18(26)22-13-5-3-10-24(11-13)19-20-8-4-9-21-19/h4,8-9,13,23H,2-3,5-7,10-11H2,1H3,(H,22,26)/t13-/m1/s1. The number of H-pyrrole nitrogens is 1. The number of hydrogen-bond donors (Lipinski definition) is 2. The number of piperidine rings is 1. The second-order valence-corrected chi connectivity index (χ2v) is 7.06. The topological polar surface area (TPSA) is 91.0 Å². The van der Waals surface area contributed by atoms with Crippen molar-refractivity contribution >= 4 is 17.6 Å². The summed E-state index contributed by atoms with van der Waals surface area (Å²) >= 11 is 0. The first kappa shape index (κ1) is 16.8. The first-order valence-electron chi connectivity index (χ1n) is 9.21. The molecule has 0 saturated carbocycles. The number of rotatable bonds is 3. The zero-order chi connectivity index (χ0) is 18.1. The number of amides is 1. The van der Waals surface area contributed by atoms with E-state index in [-0.39, 0.29) is 17.7 Å². The van der Waals surface area contributed by atoms with Gasteiger partial charge in [0.25, 0.3) is 5.91 Å². The molecule has 26 heavy (non-hydrogen) atoms. The minimum Gasteiger partial charge on any atom is -0.354 e. The molecule has 0 bridgehead atoms. The van der Waals surface area contributed by atoms with Crippen molar-refractivity contribution in [2.24, 2.45) is 0 Å². The second kappa shape index (κ2) is 6.90. The molecule has 1 atom stereocenters. The summed E-state index contributed by atoms with van der Waals surface area (Å²) in [5, 5.41) is 3.12. The Labute approximate surface area is 152 Å². The van der Waals surface area contributed by atoms with Crippen LogP contribution in [0.4, 0.5) is 5.95 Å². The van der Waals surface area contributed by atoms with Crippen molar-refractivity contribution in [2.45, 2.75) is 45.1 Å². The van der Waals surface area contributed by atoms with Gasteiger partial charge < -0.3 is 15.2 Å². The Morgan fingerprint density at radius 1 is 1.27 bits per heavy atom. The van der Waals surface area contributed by atoms with Gasteiger partial charge in [-0.1, -0.05) is 0 Å². The van der Waals surface area contributed by atoms with Gasteiger partial charge in [0.05, 0.1) is 0 Å². The predicted octanol–water partition coefficient (Wildman–Crippen LogP) is 2.03. The SMILES string of the molecule is Cc1c(C(=O)N[C@@H]2CCCN(c3ncccn3)C2)[nH]c2c1C(=O)CCC2. The summed E-state index contributed by atoms with van der Waals surface area (Å²) in [5.41, 5.74) is 2.94. The molecule has 2 aliphatic rings. The lowest BCUT2D eigenvalue weighted by molar-refractivity contribution is 0.0927. The van der Waals surface area contributed by atoms with Crippen molar-refractivity contribution in [3.05, 3.63) is 41.0 Å². The molecule has 2 aromatic heterocycles. The fraction of sp³-hybridized carbons (Fsp3) is 0.474. The number of fused-ring (bicyclic) bond motifs is 1. The minimum atomic E-state index is -0.134. The highest BCUT2D eigenvalue weighted by Gasteiger charge is 2.28. The van der Waals surface area contributed by atoms with Gasteiger partial charge in [-0.15, -0.1) is 0 Å². The number of anilines is 1. The Bertz CT molecular complexity index is 830. The number of carbonyl (C=O) groups excluding carboxylic acids is 2. The van der Waals surface area contributed by atoms with Crippen LogP contribution in [0.25, 0.3) is 0 Å². The van der Waals surface area contributed by atoms with E-state index >= 15 is 0 Å². The molecular formula is C19H23N5O2. The molecule has 2 N–H and O–H groups in total. The summed E-state index contributed by atoms with van der Waals surface area (Å²) < 4.78 is 0. The number of Topliss-reactive ketones (excluding diaryl/α,β-unsaturated/α-hetero) is 1. The lowest BCUT2D eigenvalue weighted by Crippen LogP contribution is -2.48. The van der Waals surface area contributed by atoms with Crippen molar-refractivity contribution < 1.29 is 9.59 Å². The molecule has 0 aromatic carbocycles. The molecule has 0 unspecified atom stereocenters. The summed E-state index contributed by atoms with van der Waals surface area (Å²) in [7, 11) is 0. The highest BCUT2D eigenvalue weighted by Crippen LogP contribution is 2.26. The maximum atomic E-state index is 12.8. The number of aromatic amines is 1. The number of aryl methyl sites for hydroxylation is 1. The summed E-state index contributed by atoms with van der Waals surface area (Å²) in [5.74, 6) is 0.707. The zero-order valence-electron chi connectivity index (χ0n) is 14.9. The molecule has 0 radical (unpaired) electrons. The highest BCUT2D eigenvalue weighted by molar-refractivity contribution is 6.04. The third kappa shape index (κ3) is 3.09. The van der Waals surface area contributed by atoms with Crippen molar-refractivity contribution in [1.82, 2.24) is 20.3 Å². The van der Waals surface area contributed by atoms with E-state index in [2.05, 4.69) is 25.2 Å². The quantitative estimate of drug-likeness (QED) is 0.881. The average Bonchev–Trinajstić information content (AvgIpc) is 3.01. The van der Waals surface area contributed by atoms with Crippen molar-refractivity contribution in [3.8, 4) is 0 Å². The van der Waals surface area contributed by atoms with E-state index in [1.54, 1.807) is 18.5 Å². The van der Waals surface area contributed by atoms with E-state index < -0.39 is 0 Å². The zero-order valence-corrected chi connectivity index (χ0v) is 14.9. The Kier molecular flexibility index (Phi) is 4.44. The molecule has 136 valence electrons. The predicted molar refractivity (Wildman–Crippen MR) is 97.5 cm³/mol. The summed E-state index contributed by atoms with van der Waals surface area (Å²) in [4.78, 5) is 38.9. The van der Waals surface area contributed by atoms with Crippen molar-refractivity contribution in [1.29, 1.82) is 0 Å². The normalized spacial score (nSPS) is 20.0. The van der Waals surface area contributed by atoms with Crippen LogP contribution in [0.1, 0.15) is 57.8 Å². The Morgan fingerprint density at radius 2 is 2.08 bits per heavy atom. The summed E-state index contributed by atoms with van der Waals surface area (Å²) in [6, 6.07) is 1.83. The van der Waals surface area contributed by atoms with E-state index in [0.29, 0.717) is 24.6 Å². The van der Waals surface area contributed by atoms with Crippen LogP contribution in [0.15, 0.2) is 18.5 Å². The Hall–Kier alpha value is -2.70. The maximum Gasteiger partial charge on any atom is 0.268 e. The summed E-state index contributed by atoms with van der Waals surface area (Å²) in [6.45, 7) is 3.44. The number of carbonyl (C=O) groups is 2. The van der Waals surface area contributed by atoms with Gasteiger partial charge >= 0.3 is 0 Å². The van der Waals surface area contributed by atoms with Gasteiger partial charge in [0, 0.05) is 49.2 Å². The average molecular weight is 353 g/mol. The van der Waals surface area contributed by atoms with Crippen LogP contribution in [0.5, 0.6) is 0 Å². The highest BCUT2D eigenvalue weighted by atomic mass is 16.2. The van der Waals surface area contributed by atoms with Gasteiger partial charge in [0.2, 0.25) is 5.95 Å². The first-order chi connectivity index (χ1) is 12.6. The smallest absolute Gasteiger partial charge is 0.268 e. The molecular weight excluding hydrogens is 330 g/mol. The van der Waals surface area contributed by atoms with Crippen LogP contribution in [0.2, 0.25) is 0 Å². The van der Waals surface area contributed by atoms with Crippen molar-refractivity contribution in [3.63, 3.8) is 0 Å². The molecule has 7 nitrogen and oxygen atoms in total. The van der Waals surface area contributed by atoms with Crippen molar-refractivity contribution in [2.75, 3.05) is 18.0 Å². The molecule has 4 rings (SSSR count). The van der Waals surface area contributed by atoms with E-state index in [1.807, 2.05) is 6.92 Å². The molecule has 3 heterocycles. The molecule has 1 aliphatic carbocycles. The van der Waals surface area contributed by atoms with Gasteiger partial charge in [-0.2, -0.15) is 0 Å². The number of aromatic nitrogens is 3. The second-order valence-electron chi connectivity index (χ2n) is 7.06. The van der Waals surface area contributed by atoms with E-state index in [9.17, 15) is 9.59 Å². The van der Waals surface area contributed by atoms with Gasteiger partial charge in [0.1, 0.15) is 5.69 Å². The Balaban J connectivity index is 1.47. The largest absolute Gasteiger partial charge is 0.354 e. The maximum absolute atomic E-state index is 12.8. The van der Waals surface area contributed by atoms with Gasteiger partial charge in [-0.25, -0.2) is 9.97 Å². The number of nitrogens with one attached hydrogen (secondary N) is 2. The lowest BCUT2D eigenvalue weighted by Gasteiger charge is -2.33. The first-order valence-corrected chi connectivity index (χ1v) is 9.21. The van der Waals surface area contributed by atoms with Crippen LogP contribution in [-0.4, -0.2) is 45.8 Å². The van der Waals surface area contributed by atoms with E-state index in [4.69, 9.17) is 0 Å². The third-order valence-corrected chi connectivity index (χ3v) is 5.26. The molecule has 2 aromatic rings. The van der Waals surface area contributed by atoms with Gasteiger partial charge in [-0.05, 0) is 44.2 Å². The summed E-state index contributed by atoms with van der Waals surface area (Å²) in [6.07, 6.45) is 7.61. The lowest BCUT2D eigenvalue weighted by atomic mass is 9.93. The number of hydrogen-bond acceptors (Lipinski definition) is 5. The molecule has 1 saturated heterocycles. The van der Waals surface area contributed by atoms with E-state index in [1.165, 1.54) is 0 Å². The van der Waals surface area contributed by atoms with Crippen LogP contribution in [0, 0.1) is 6.92 Å². The fourth-order valence-corrected chi connectivity index (χ4v) is 3.99. The van der Waals surface area contributed by atoms with E-state index in [0.717, 1.165) is 49.0 Å². The molecule has 1 fully saturated rings. The van der Waals surface area contributed by atoms with Crippen LogP contribution in [-0.2, 0) is 6.42 Å². The van der Waals surface area contributed by atoms with Gasteiger partial charge in [-0.3, -0.25) is 9.59 Å².